The van der Waals surface area contributed by atoms with Crippen LogP contribution < -0.4 is 9.64 Å². The first-order valence-electron chi connectivity index (χ1n) is 6.44. The number of methoxy groups -OCH3 is 2. The van der Waals surface area contributed by atoms with Gasteiger partial charge in [-0.2, -0.15) is 0 Å². The van der Waals surface area contributed by atoms with Gasteiger partial charge in [0.25, 0.3) is 0 Å². The molecule has 0 radical (unpaired) electrons. The van der Waals surface area contributed by atoms with E-state index in [0.29, 0.717) is 6.54 Å². The Hall–Kier alpha value is -2.30. The molecule has 0 fully saturated rings. The lowest BCUT2D eigenvalue weighted by Gasteiger charge is -2.22. The topological polar surface area (TPSA) is 51.7 Å². The zero-order chi connectivity index (χ0) is 14.5. The Balaban J connectivity index is 2.48. The molecular weight excluding hydrogens is 256 g/mol. The molecule has 0 atom stereocenters. The van der Waals surface area contributed by atoms with Crippen LogP contribution in [0.5, 0.6) is 5.75 Å². The van der Waals surface area contributed by atoms with Crippen LogP contribution in [0.4, 0.5) is 5.82 Å². The second-order valence-corrected chi connectivity index (χ2v) is 4.31. The van der Waals surface area contributed by atoms with Gasteiger partial charge in [-0.05, 0) is 30.5 Å². The molecule has 1 aromatic carbocycles. The number of fused-ring (bicyclic) bond motifs is 1. The predicted octanol–water partition coefficient (Wildman–Crippen LogP) is 2.24. The maximum absolute atomic E-state index is 11.5. The summed E-state index contributed by atoms with van der Waals surface area (Å²) in [7, 11) is 3.01. The highest BCUT2D eigenvalue weighted by atomic mass is 16.5. The number of rotatable bonds is 5. The zero-order valence-corrected chi connectivity index (χ0v) is 11.9. The number of hydrogen-bond acceptors (Lipinski definition) is 5. The number of hydrogen-bond donors (Lipinski definition) is 0. The van der Waals surface area contributed by atoms with Gasteiger partial charge in [0, 0.05) is 18.1 Å². The van der Waals surface area contributed by atoms with E-state index in [1.54, 1.807) is 13.3 Å². The molecule has 0 aliphatic rings. The van der Waals surface area contributed by atoms with Crippen molar-refractivity contribution in [3.63, 3.8) is 0 Å². The van der Waals surface area contributed by atoms with Gasteiger partial charge in [-0.3, -0.25) is 4.79 Å². The van der Waals surface area contributed by atoms with Crippen molar-refractivity contribution in [3.8, 4) is 5.75 Å². The Morgan fingerprint density at radius 2 is 2.10 bits per heavy atom. The molecule has 0 aliphatic carbocycles. The Bertz CT molecular complexity index is 613. The summed E-state index contributed by atoms with van der Waals surface area (Å²) in [6.45, 7) is 2.82. The number of pyridine rings is 1. The minimum absolute atomic E-state index is 0.177. The van der Waals surface area contributed by atoms with Crippen molar-refractivity contribution < 1.29 is 14.3 Å². The van der Waals surface area contributed by atoms with Crippen molar-refractivity contribution in [1.29, 1.82) is 0 Å². The average molecular weight is 274 g/mol. The molecule has 0 aliphatic heterocycles. The van der Waals surface area contributed by atoms with Crippen LogP contribution in [0.15, 0.2) is 30.5 Å². The second-order valence-electron chi connectivity index (χ2n) is 4.31. The highest BCUT2D eigenvalue weighted by Gasteiger charge is 2.14. The average Bonchev–Trinajstić information content (AvgIpc) is 2.51. The number of nitrogens with zero attached hydrogens (tertiary/aromatic N) is 2. The van der Waals surface area contributed by atoms with Gasteiger partial charge in [-0.25, -0.2) is 4.98 Å². The van der Waals surface area contributed by atoms with E-state index >= 15 is 0 Å². The molecule has 5 heteroatoms. The number of benzene rings is 1. The number of ether oxygens (including phenoxy) is 2. The summed E-state index contributed by atoms with van der Waals surface area (Å²) >= 11 is 0. The smallest absolute Gasteiger partial charge is 0.325 e. The van der Waals surface area contributed by atoms with Gasteiger partial charge in [0.15, 0.2) is 0 Å². The molecule has 2 rings (SSSR count). The number of aromatic nitrogens is 1. The fraction of sp³-hybridized carbons (Fsp3) is 0.333. The summed E-state index contributed by atoms with van der Waals surface area (Å²) < 4.78 is 9.98. The van der Waals surface area contributed by atoms with Crippen LogP contribution in [0.3, 0.4) is 0 Å². The Morgan fingerprint density at radius 1 is 1.30 bits per heavy atom. The second kappa shape index (κ2) is 6.23. The highest BCUT2D eigenvalue weighted by molar-refractivity contribution is 5.94. The maximum atomic E-state index is 11.5. The molecule has 0 amide bonds. The predicted molar refractivity (Wildman–Crippen MR) is 78.2 cm³/mol. The van der Waals surface area contributed by atoms with Crippen LogP contribution in [-0.2, 0) is 9.53 Å². The van der Waals surface area contributed by atoms with Crippen LogP contribution in [-0.4, -0.2) is 38.3 Å². The van der Waals surface area contributed by atoms with E-state index in [1.807, 2.05) is 36.1 Å². The number of likely N-dealkylation sites (N-methyl/N-ethyl adjacent to an activating group) is 1. The lowest BCUT2D eigenvalue weighted by atomic mass is 10.1. The van der Waals surface area contributed by atoms with Crippen molar-refractivity contribution in [1.82, 2.24) is 4.98 Å². The van der Waals surface area contributed by atoms with E-state index in [2.05, 4.69) is 4.98 Å². The lowest BCUT2D eigenvalue weighted by Crippen LogP contribution is -2.31. The molecule has 0 N–H and O–H groups in total. The molecule has 0 unspecified atom stereocenters. The molecule has 2 aromatic rings. The quantitative estimate of drug-likeness (QED) is 0.783. The van der Waals surface area contributed by atoms with Gasteiger partial charge in [-0.15, -0.1) is 0 Å². The van der Waals surface area contributed by atoms with Crippen LogP contribution >= 0.6 is 0 Å². The SMILES string of the molecule is CCN(CC(=O)OC)c1nccc2ccc(OC)cc12. The third-order valence-electron chi connectivity index (χ3n) is 3.18. The van der Waals surface area contributed by atoms with Crippen molar-refractivity contribution in [2.24, 2.45) is 0 Å². The monoisotopic (exact) mass is 274 g/mol. The van der Waals surface area contributed by atoms with E-state index in [0.717, 1.165) is 22.3 Å². The third-order valence-corrected chi connectivity index (χ3v) is 3.18. The summed E-state index contributed by atoms with van der Waals surface area (Å²) in [6.07, 6.45) is 1.74. The first-order chi connectivity index (χ1) is 9.69. The largest absolute Gasteiger partial charge is 0.497 e. The molecule has 0 bridgehead atoms. The van der Waals surface area contributed by atoms with Crippen LogP contribution in [0, 0.1) is 0 Å². The lowest BCUT2D eigenvalue weighted by molar-refractivity contribution is -0.138. The molecule has 106 valence electrons. The standard InChI is InChI=1S/C15H18N2O3/c1-4-17(10-14(18)20-3)15-13-9-12(19-2)6-5-11(13)7-8-16-15/h5-9H,4,10H2,1-3H3. The minimum Gasteiger partial charge on any atom is -0.497 e. The summed E-state index contributed by atoms with van der Waals surface area (Å²) in [5.74, 6) is 1.24. The first kappa shape index (κ1) is 14.1. The summed E-state index contributed by atoms with van der Waals surface area (Å²) in [4.78, 5) is 17.8. The minimum atomic E-state index is -0.284. The van der Waals surface area contributed by atoms with Crippen molar-refractivity contribution >= 4 is 22.6 Å². The van der Waals surface area contributed by atoms with Crippen LogP contribution in [0.2, 0.25) is 0 Å². The van der Waals surface area contributed by atoms with Gasteiger partial charge in [0.2, 0.25) is 0 Å². The van der Waals surface area contributed by atoms with Gasteiger partial charge >= 0.3 is 5.97 Å². The number of carbonyl (C=O) groups excluding carboxylic acids is 1. The molecule has 5 nitrogen and oxygen atoms in total. The van der Waals surface area contributed by atoms with Crippen molar-refractivity contribution in [3.05, 3.63) is 30.5 Å². The highest BCUT2D eigenvalue weighted by Crippen LogP contribution is 2.28. The Morgan fingerprint density at radius 3 is 2.75 bits per heavy atom. The Labute approximate surface area is 118 Å². The number of anilines is 1. The normalized spacial score (nSPS) is 10.3. The van der Waals surface area contributed by atoms with Crippen LogP contribution in [0.25, 0.3) is 10.8 Å². The first-order valence-corrected chi connectivity index (χ1v) is 6.44. The number of carbonyl (C=O) groups is 1. The molecule has 20 heavy (non-hydrogen) atoms. The molecule has 1 aromatic heterocycles. The van der Waals surface area contributed by atoms with Crippen molar-refractivity contribution in [2.75, 3.05) is 32.2 Å². The van der Waals surface area contributed by atoms with E-state index in [9.17, 15) is 4.79 Å². The van der Waals surface area contributed by atoms with Gasteiger partial charge in [-0.1, -0.05) is 6.07 Å². The number of esters is 1. The van der Waals surface area contributed by atoms with Gasteiger partial charge in [0.1, 0.15) is 18.1 Å². The zero-order valence-electron chi connectivity index (χ0n) is 11.9. The van der Waals surface area contributed by atoms with Crippen molar-refractivity contribution in [2.45, 2.75) is 6.92 Å². The third kappa shape index (κ3) is 2.82. The molecule has 0 saturated heterocycles. The fourth-order valence-electron chi connectivity index (χ4n) is 2.07. The summed E-state index contributed by atoms with van der Waals surface area (Å²) in [5.41, 5.74) is 0. The summed E-state index contributed by atoms with van der Waals surface area (Å²) in [5, 5.41) is 2.01. The molecule has 1 heterocycles. The maximum Gasteiger partial charge on any atom is 0.325 e. The molecule has 0 saturated carbocycles. The van der Waals surface area contributed by atoms with Crippen LogP contribution in [0.1, 0.15) is 6.92 Å². The van der Waals surface area contributed by atoms with E-state index in [4.69, 9.17) is 9.47 Å². The van der Waals surface area contributed by atoms with E-state index < -0.39 is 0 Å². The van der Waals surface area contributed by atoms with E-state index in [1.165, 1.54) is 7.11 Å². The van der Waals surface area contributed by atoms with Gasteiger partial charge in [0.05, 0.1) is 14.2 Å². The summed E-state index contributed by atoms with van der Waals surface area (Å²) in [6, 6.07) is 7.75. The fourth-order valence-corrected chi connectivity index (χ4v) is 2.07. The molecular formula is C15H18N2O3. The Kier molecular flexibility index (Phi) is 4.40. The van der Waals surface area contributed by atoms with Gasteiger partial charge < -0.3 is 14.4 Å². The molecule has 0 spiro atoms. The van der Waals surface area contributed by atoms with E-state index in [-0.39, 0.29) is 12.5 Å².